The zero-order chi connectivity index (χ0) is 22.3. The summed E-state index contributed by atoms with van der Waals surface area (Å²) < 4.78 is 1.35. The maximum Gasteiger partial charge on any atom is 0.263 e. The Morgan fingerprint density at radius 3 is 2.52 bits per heavy atom. The number of aromatic nitrogens is 2. The Morgan fingerprint density at radius 1 is 1.13 bits per heavy atom. The van der Waals surface area contributed by atoms with Gasteiger partial charge >= 0.3 is 0 Å². The molecular weight excluding hydrogens is 432 g/mol. The maximum absolute atomic E-state index is 13.0. The second-order valence-electron chi connectivity index (χ2n) is 7.15. The molecule has 0 unspecified atom stereocenters. The Morgan fingerprint density at radius 2 is 1.84 bits per heavy atom. The molecular formula is C22H20N4O3S2. The fraction of sp³-hybridized carbons (Fsp3) is 0.182. The van der Waals surface area contributed by atoms with E-state index in [1.807, 2.05) is 44.2 Å². The minimum absolute atomic E-state index is 0.210. The van der Waals surface area contributed by atoms with Crippen LogP contribution in [0.4, 0.5) is 5.00 Å². The van der Waals surface area contributed by atoms with Crippen molar-refractivity contribution in [3.63, 3.8) is 0 Å². The first kappa shape index (κ1) is 21.0. The molecule has 0 radical (unpaired) electrons. The second kappa shape index (κ2) is 8.09. The molecule has 0 bridgehead atoms. The Balaban J connectivity index is 1.65. The Labute approximate surface area is 186 Å². The smallest absolute Gasteiger partial charge is 0.263 e. The van der Waals surface area contributed by atoms with Crippen LogP contribution in [0.1, 0.15) is 26.6 Å². The number of aryl methyl sites for hydroxylation is 3. The highest BCUT2D eigenvalue weighted by atomic mass is 32.1. The van der Waals surface area contributed by atoms with E-state index in [0.29, 0.717) is 21.0 Å². The molecule has 0 aliphatic rings. The molecule has 3 N–H and O–H groups in total. The number of carbonyl (C=O) groups is 2. The first-order chi connectivity index (χ1) is 14.8. The van der Waals surface area contributed by atoms with Gasteiger partial charge in [0.1, 0.15) is 22.2 Å². The minimum atomic E-state index is -0.630. The third-order valence-corrected chi connectivity index (χ3v) is 7.29. The Hall–Kier alpha value is -3.30. The maximum atomic E-state index is 13.0. The number of hydrogen-bond donors (Lipinski definition) is 2. The van der Waals surface area contributed by atoms with E-state index >= 15 is 0 Å². The van der Waals surface area contributed by atoms with E-state index in [4.69, 9.17) is 5.73 Å². The van der Waals surface area contributed by atoms with Gasteiger partial charge in [-0.1, -0.05) is 30.3 Å². The zero-order valence-corrected chi connectivity index (χ0v) is 18.8. The molecule has 4 aromatic rings. The number of thiophene rings is 2. The van der Waals surface area contributed by atoms with Gasteiger partial charge in [0, 0.05) is 9.75 Å². The number of carbonyl (C=O) groups excluding carboxylic acids is 2. The molecule has 9 heteroatoms. The number of anilines is 1. The molecule has 3 heterocycles. The van der Waals surface area contributed by atoms with Crippen molar-refractivity contribution in [3.05, 3.63) is 68.6 Å². The van der Waals surface area contributed by atoms with Crippen LogP contribution < -0.4 is 16.6 Å². The van der Waals surface area contributed by atoms with Gasteiger partial charge in [0.05, 0.1) is 10.9 Å². The summed E-state index contributed by atoms with van der Waals surface area (Å²) in [6.45, 7) is 5.32. The number of rotatable bonds is 5. The largest absolute Gasteiger partial charge is 0.366 e. The van der Waals surface area contributed by atoms with E-state index < -0.39 is 11.8 Å². The Kier molecular flexibility index (Phi) is 5.47. The molecule has 7 nitrogen and oxygen atoms in total. The molecule has 31 heavy (non-hydrogen) atoms. The summed E-state index contributed by atoms with van der Waals surface area (Å²) in [5, 5.41) is 3.65. The number of hydrogen-bond acceptors (Lipinski definition) is 6. The summed E-state index contributed by atoms with van der Waals surface area (Å²) in [4.78, 5) is 44.7. The molecule has 0 saturated carbocycles. The summed E-state index contributed by atoms with van der Waals surface area (Å²) in [5.74, 6) is -0.602. The molecule has 158 valence electrons. The topological polar surface area (TPSA) is 107 Å². The lowest BCUT2D eigenvalue weighted by Gasteiger charge is -2.10. The van der Waals surface area contributed by atoms with Gasteiger partial charge in [0.2, 0.25) is 5.91 Å². The van der Waals surface area contributed by atoms with Gasteiger partial charge in [-0.05, 0) is 38.0 Å². The average molecular weight is 453 g/mol. The number of amides is 2. The monoisotopic (exact) mass is 452 g/mol. The summed E-state index contributed by atoms with van der Waals surface area (Å²) in [6.07, 6.45) is 0. The first-order valence-electron chi connectivity index (χ1n) is 9.52. The predicted octanol–water partition coefficient (Wildman–Crippen LogP) is 3.85. The first-order valence-corrected chi connectivity index (χ1v) is 11.2. The van der Waals surface area contributed by atoms with Gasteiger partial charge in [-0.15, -0.1) is 22.7 Å². The Bertz CT molecular complexity index is 1380. The average Bonchev–Trinajstić information content (AvgIpc) is 3.27. The van der Waals surface area contributed by atoms with Crippen molar-refractivity contribution in [1.82, 2.24) is 9.55 Å². The van der Waals surface area contributed by atoms with Crippen molar-refractivity contribution in [2.45, 2.75) is 27.3 Å². The highest BCUT2D eigenvalue weighted by Crippen LogP contribution is 2.35. The number of nitrogens with two attached hydrogens (primary N) is 1. The molecule has 3 aromatic heterocycles. The van der Waals surface area contributed by atoms with Crippen molar-refractivity contribution >= 4 is 49.7 Å². The molecule has 4 rings (SSSR count). The van der Waals surface area contributed by atoms with Crippen LogP contribution in [-0.4, -0.2) is 21.4 Å². The van der Waals surface area contributed by atoms with Gasteiger partial charge < -0.3 is 11.1 Å². The second-order valence-corrected chi connectivity index (χ2v) is 9.40. The molecule has 1 aromatic carbocycles. The molecule has 2 amide bonds. The molecule has 0 saturated heterocycles. The fourth-order valence-corrected chi connectivity index (χ4v) is 5.49. The van der Waals surface area contributed by atoms with Gasteiger partial charge in [0.25, 0.3) is 11.5 Å². The van der Waals surface area contributed by atoms with Gasteiger partial charge in [-0.3, -0.25) is 19.0 Å². The van der Waals surface area contributed by atoms with E-state index in [1.165, 1.54) is 27.2 Å². The van der Waals surface area contributed by atoms with Crippen molar-refractivity contribution in [2.75, 3.05) is 5.32 Å². The van der Waals surface area contributed by atoms with Gasteiger partial charge in [0.15, 0.2) is 0 Å². The van der Waals surface area contributed by atoms with E-state index in [2.05, 4.69) is 10.3 Å². The number of primary amides is 1. The van der Waals surface area contributed by atoms with E-state index in [1.54, 1.807) is 13.0 Å². The number of nitrogens with one attached hydrogen (secondary N) is 1. The van der Waals surface area contributed by atoms with E-state index in [-0.39, 0.29) is 17.7 Å². The molecule has 0 spiro atoms. The summed E-state index contributed by atoms with van der Waals surface area (Å²) in [6, 6.07) is 11.2. The van der Waals surface area contributed by atoms with Crippen LogP contribution in [0, 0.1) is 20.8 Å². The predicted molar refractivity (Wildman–Crippen MR) is 125 cm³/mol. The highest BCUT2D eigenvalue weighted by molar-refractivity contribution is 7.20. The summed E-state index contributed by atoms with van der Waals surface area (Å²) in [7, 11) is 0. The SMILES string of the molecule is Cc1sc2nc(C)n(CC(=O)Nc3sc(-c4ccccc4)cc3C(N)=O)c(=O)c2c1C. The van der Waals surface area contributed by atoms with Crippen molar-refractivity contribution < 1.29 is 9.59 Å². The third-order valence-electron chi connectivity index (χ3n) is 5.09. The number of nitrogens with zero attached hydrogens (tertiary/aromatic N) is 2. The quantitative estimate of drug-likeness (QED) is 0.479. The molecule has 0 atom stereocenters. The molecule has 0 fully saturated rings. The van der Waals surface area contributed by atoms with E-state index in [0.717, 1.165) is 20.9 Å². The van der Waals surface area contributed by atoms with Gasteiger partial charge in [-0.25, -0.2) is 4.98 Å². The van der Waals surface area contributed by atoms with Crippen molar-refractivity contribution in [3.8, 4) is 10.4 Å². The minimum Gasteiger partial charge on any atom is -0.366 e. The third kappa shape index (κ3) is 3.89. The van der Waals surface area contributed by atoms with Crippen LogP contribution >= 0.6 is 22.7 Å². The number of fused-ring (bicyclic) bond motifs is 1. The van der Waals surface area contributed by atoms with Crippen LogP contribution in [0.15, 0.2) is 41.2 Å². The zero-order valence-electron chi connectivity index (χ0n) is 17.2. The van der Waals surface area contributed by atoms with Crippen LogP contribution in [0.25, 0.3) is 20.7 Å². The summed E-state index contributed by atoms with van der Waals surface area (Å²) in [5.41, 5.74) is 7.31. The lowest BCUT2D eigenvalue weighted by molar-refractivity contribution is -0.116. The van der Waals surface area contributed by atoms with Crippen LogP contribution in [-0.2, 0) is 11.3 Å². The highest BCUT2D eigenvalue weighted by Gasteiger charge is 2.19. The van der Waals surface area contributed by atoms with Crippen LogP contribution in [0.5, 0.6) is 0 Å². The van der Waals surface area contributed by atoms with Gasteiger partial charge in [-0.2, -0.15) is 0 Å². The number of benzene rings is 1. The van der Waals surface area contributed by atoms with Crippen molar-refractivity contribution in [1.29, 1.82) is 0 Å². The normalized spacial score (nSPS) is 11.1. The summed E-state index contributed by atoms with van der Waals surface area (Å²) >= 11 is 2.73. The van der Waals surface area contributed by atoms with Crippen LogP contribution in [0.3, 0.4) is 0 Å². The fourth-order valence-electron chi connectivity index (χ4n) is 3.34. The lowest BCUT2D eigenvalue weighted by Crippen LogP contribution is -2.30. The molecule has 0 aliphatic heterocycles. The van der Waals surface area contributed by atoms with E-state index in [9.17, 15) is 14.4 Å². The standard InChI is InChI=1S/C22H20N4O3S2/c1-11-12(2)30-21-18(11)22(29)26(13(3)24-21)10-17(27)25-20-15(19(23)28)9-16(31-20)14-7-5-4-6-8-14/h4-9H,10H2,1-3H3,(H2,23,28)(H,25,27). The lowest BCUT2D eigenvalue weighted by atomic mass is 10.1. The van der Waals surface area contributed by atoms with Crippen LogP contribution in [0.2, 0.25) is 0 Å². The van der Waals surface area contributed by atoms with Crippen molar-refractivity contribution in [2.24, 2.45) is 5.73 Å². The molecule has 0 aliphatic carbocycles.